The highest BCUT2D eigenvalue weighted by Gasteiger charge is 2.78. The van der Waals surface area contributed by atoms with Crippen molar-refractivity contribution in [3.05, 3.63) is 121 Å². The number of fused-ring (bicyclic) bond motifs is 1. The van der Waals surface area contributed by atoms with E-state index in [1.807, 2.05) is 60.7 Å². The molecule has 3 saturated heterocycles. The minimum atomic E-state index is -1.47. The molecule has 3 fully saturated rings. The number of likely N-dealkylation sites (tertiary alicyclic amines) is 1. The second-order valence-electron chi connectivity index (χ2n) is 15.2. The molecule has 3 aliphatic rings. The Kier molecular flexibility index (Phi) is 14.5. The fourth-order valence-corrected chi connectivity index (χ4v) is 10.1. The first-order chi connectivity index (χ1) is 28.6. The fourth-order valence-electron chi connectivity index (χ4n) is 9.14. The summed E-state index contributed by atoms with van der Waals surface area (Å²) in [6, 6.07) is 22.8. The highest BCUT2D eigenvalue weighted by atomic mass is 79.9. The lowest BCUT2D eigenvalue weighted by Crippen LogP contribution is -2.57. The number of amides is 3. The Morgan fingerprint density at radius 2 is 1.61 bits per heavy atom. The lowest BCUT2D eigenvalue weighted by Gasteiger charge is -2.39. The normalized spacial score (nSPS) is 24.5. The van der Waals surface area contributed by atoms with E-state index >= 15 is 9.59 Å². The van der Waals surface area contributed by atoms with E-state index in [9.17, 15) is 14.7 Å². The summed E-state index contributed by atoms with van der Waals surface area (Å²) in [4.78, 5) is 63.4. The minimum absolute atomic E-state index is 0.0271. The van der Waals surface area contributed by atoms with Gasteiger partial charge in [0.2, 0.25) is 11.8 Å². The van der Waals surface area contributed by atoms with Gasteiger partial charge in [-0.3, -0.25) is 19.2 Å². The number of alkyl halides is 1. The quantitative estimate of drug-likeness (QED) is 0.0807. The summed E-state index contributed by atoms with van der Waals surface area (Å²) in [6.45, 7) is 13.1. The number of esters is 1. The van der Waals surface area contributed by atoms with E-state index in [1.54, 1.807) is 41.3 Å². The molecular weight excluding hydrogens is 816 g/mol. The molecule has 0 aromatic heterocycles. The average molecular weight is 872 g/mol. The number of nitrogens with zero attached hydrogens (tertiary/aromatic N) is 3. The van der Waals surface area contributed by atoms with E-state index in [-0.39, 0.29) is 31.9 Å². The molecule has 3 amide bonds. The van der Waals surface area contributed by atoms with E-state index in [1.165, 1.54) is 12.0 Å². The lowest BCUT2D eigenvalue weighted by atomic mass is 9.70. The second kappa shape index (κ2) is 19.5. The number of anilines is 2. The van der Waals surface area contributed by atoms with Crippen LogP contribution in [0.4, 0.5) is 11.4 Å². The van der Waals surface area contributed by atoms with Crippen LogP contribution >= 0.6 is 15.9 Å². The summed E-state index contributed by atoms with van der Waals surface area (Å²) in [7, 11) is 1.50. The number of hydrogen-bond donors (Lipinski definition) is 2. The van der Waals surface area contributed by atoms with Crippen LogP contribution in [0.1, 0.15) is 56.4 Å². The van der Waals surface area contributed by atoms with E-state index < -0.39 is 77.0 Å². The first-order valence-corrected chi connectivity index (χ1v) is 21.2. The molecule has 3 aromatic carbocycles. The van der Waals surface area contributed by atoms with Crippen LogP contribution in [0.5, 0.6) is 0 Å². The van der Waals surface area contributed by atoms with Crippen molar-refractivity contribution in [1.29, 1.82) is 0 Å². The van der Waals surface area contributed by atoms with Crippen LogP contribution in [0, 0.1) is 11.8 Å². The number of ether oxygens (including phenoxy) is 3. The third-order valence-corrected chi connectivity index (χ3v) is 12.6. The van der Waals surface area contributed by atoms with Crippen LogP contribution in [-0.4, -0.2) is 102 Å². The van der Waals surface area contributed by atoms with Gasteiger partial charge in [0.15, 0.2) is 0 Å². The molecule has 314 valence electrons. The molecule has 59 heavy (non-hydrogen) atoms. The van der Waals surface area contributed by atoms with Crippen LogP contribution in [-0.2, 0) is 33.4 Å². The van der Waals surface area contributed by atoms with E-state index in [0.717, 1.165) is 18.8 Å². The van der Waals surface area contributed by atoms with Gasteiger partial charge in [0.1, 0.15) is 17.7 Å². The SMILES string of the molecule is C=CCCC(=O)N[C@@H](COC)[C@@H](OC(=O)[C@@H]1[C@H]2O[C@@]3(CC2Br)[C@H](C(=O)N(CC=C)c2ccc(N(CC)CC)cc2)N([C@H](CO)c2ccccc2)C(=O)[C@@H]13)c1ccccc1. The third-order valence-electron chi connectivity index (χ3n) is 11.8. The maximum absolute atomic E-state index is 15.4. The van der Waals surface area contributed by atoms with Gasteiger partial charge < -0.3 is 39.3 Å². The van der Waals surface area contributed by atoms with Gasteiger partial charge in [-0.2, -0.15) is 0 Å². The van der Waals surface area contributed by atoms with Gasteiger partial charge in [-0.05, 0) is 62.1 Å². The summed E-state index contributed by atoms with van der Waals surface area (Å²) in [5, 5.41) is 14.0. The number of nitrogens with one attached hydrogen (secondary N) is 1. The second-order valence-corrected chi connectivity index (χ2v) is 16.3. The molecule has 0 aliphatic carbocycles. The third kappa shape index (κ3) is 8.61. The molecule has 12 nitrogen and oxygen atoms in total. The van der Waals surface area contributed by atoms with Gasteiger partial charge in [-0.1, -0.05) is 88.7 Å². The first kappa shape index (κ1) is 43.8. The first-order valence-electron chi connectivity index (χ1n) is 20.3. The number of halogens is 1. The summed E-state index contributed by atoms with van der Waals surface area (Å²) >= 11 is 3.78. The Balaban J connectivity index is 1.42. The molecule has 2 bridgehead atoms. The topological polar surface area (TPSA) is 138 Å². The predicted octanol–water partition coefficient (Wildman–Crippen LogP) is 5.92. The number of aliphatic hydroxyl groups excluding tert-OH is 1. The zero-order valence-electron chi connectivity index (χ0n) is 34.0. The van der Waals surface area contributed by atoms with Crippen molar-refractivity contribution in [1.82, 2.24) is 10.2 Å². The Bertz CT molecular complexity index is 1950. The maximum Gasteiger partial charge on any atom is 0.313 e. The van der Waals surface area contributed by atoms with Gasteiger partial charge in [0.25, 0.3) is 5.91 Å². The number of aliphatic hydroxyl groups is 1. The molecule has 1 spiro atoms. The number of benzene rings is 3. The van der Waals surface area contributed by atoms with E-state index in [4.69, 9.17) is 14.2 Å². The van der Waals surface area contributed by atoms with Crippen LogP contribution < -0.4 is 15.1 Å². The number of rotatable bonds is 20. The van der Waals surface area contributed by atoms with Gasteiger partial charge in [0.05, 0.1) is 43.2 Å². The Hall–Kier alpha value is -4.82. The fraction of sp³-hybridized carbons (Fsp3) is 0.435. The van der Waals surface area contributed by atoms with Crippen LogP contribution in [0.3, 0.4) is 0 Å². The molecule has 0 saturated carbocycles. The van der Waals surface area contributed by atoms with Gasteiger partial charge >= 0.3 is 5.97 Å². The summed E-state index contributed by atoms with van der Waals surface area (Å²) < 4.78 is 18.8. The largest absolute Gasteiger partial charge is 0.455 e. The number of carbonyl (C=O) groups excluding carboxylic acids is 4. The smallest absolute Gasteiger partial charge is 0.313 e. The molecule has 3 aliphatic heterocycles. The standard InChI is InChI=1S/C46H55BrN4O8/c1-6-10-21-37(53)48-35(29-57-5)40(31-19-15-12-16-20-31)58-45(56)38-39-43(54)51(36(28-52)30-17-13-11-14-18-30)42(46(39)27-34(47)41(38)59-46)44(55)50(26-7-2)33-24-22-32(23-25-33)49(8-3)9-4/h6-7,11-20,22-25,34-36,38-42,52H,1-2,8-10,21,26-29H2,3-5H3,(H,48,53)/t34?,35-,36+,38-,39+,40-,41-,42-,46+/m0/s1. The van der Waals surface area contributed by atoms with Crippen molar-refractivity contribution in [3.63, 3.8) is 0 Å². The number of hydrogen-bond acceptors (Lipinski definition) is 9. The van der Waals surface area contributed by atoms with Crippen molar-refractivity contribution < 1.29 is 38.5 Å². The highest BCUT2D eigenvalue weighted by molar-refractivity contribution is 9.09. The predicted molar refractivity (Wildman–Crippen MR) is 230 cm³/mol. The van der Waals surface area contributed by atoms with E-state index in [0.29, 0.717) is 23.2 Å². The number of methoxy groups -OCH3 is 1. The minimum Gasteiger partial charge on any atom is -0.455 e. The Morgan fingerprint density at radius 3 is 2.19 bits per heavy atom. The van der Waals surface area contributed by atoms with Crippen molar-refractivity contribution >= 4 is 51.0 Å². The zero-order valence-corrected chi connectivity index (χ0v) is 35.5. The van der Waals surface area contributed by atoms with Crippen molar-refractivity contribution in [2.45, 2.75) is 73.9 Å². The monoisotopic (exact) mass is 870 g/mol. The molecule has 3 aromatic rings. The number of carbonyl (C=O) groups is 4. The summed E-state index contributed by atoms with van der Waals surface area (Å²) in [5.41, 5.74) is 1.38. The van der Waals surface area contributed by atoms with Gasteiger partial charge in [0, 0.05) is 49.4 Å². The zero-order chi connectivity index (χ0) is 42.3. The lowest BCUT2D eigenvalue weighted by molar-refractivity contribution is -0.163. The Labute approximate surface area is 355 Å². The van der Waals surface area contributed by atoms with Gasteiger partial charge in [-0.15, -0.1) is 13.2 Å². The molecular formula is C46H55BrN4O8. The van der Waals surface area contributed by atoms with Crippen molar-refractivity contribution in [3.8, 4) is 0 Å². The molecule has 13 heteroatoms. The number of allylic oxidation sites excluding steroid dienone is 1. The molecule has 2 N–H and O–H groups in total. The van der Waals surface area contributed by atoms with Gasteiger partial charge in [-0.25, -0.2) is 0 Å². The van der Waals surface area contributed by atoms with Crippen molar-refractivity contribution in [2.75, 3.05) is 49.8 Å². The highest BCUT2D eigenvalue weighted by Crippen LogP contribution is 2.61. The van der Waals surface area contributed by atoms with Crippen LogP contribution in [0.2, 0.25) is 0 Å². The average Bonchev–Trinajstić information content (AvgIpc) is 3.85. The maximum atomic E-state index is 15.4. The van der Waals surface area contributed by atoms with E-state index in [2.05, 4.69) is 53.2 Å². The molecule has 3 heterocycles. The molecule has 9 atom stereocenters. The van der Waals surface area contributed by atoms with Crippen LogP contribution in [0.25, 0.3) is 0 Å². The summed E-state index contributed by atoms with van der Waals surface area (Å²) in [6.07, 6.45) is 2.35. The molecule has 1 unspecified atom stereocenters. The summed E-state index contributed by atoms with van der Waals surface area (Å²) in [5.74, 6) is -4.16. The van der Waals surface area contributed by atoms with Crippen LogP contribution in [0.15, 0.2) is 110 Å². The Morgan fingerprint density at radius 1 is 0.983 bits per heavy atom. The molecule has 6 rings (SSSR count). The van der Waals surface area contributed by atoms with Crippen molar-refractivity contribution in [2.24, 2.45) is 11.8 Å². The molecule has 0 radical (unpaired) electrons.